The minimum absolute atomic E-state index is 0.0245. The molecule has 2 aromatic rings. The third-order valence-electron chi connectivity index (χ3n) is 5.67. The van der Waals surface area contributed by atoms with Gasteiger partial charge in [0, 0.05) is 50.2 Å². The van der Waals surface area contributed by atoms with Crippen LogP contribution in [0.2, 0.25) is 0 Å². The van der Waals surface area contributed by atoms with Crippen molar-refractivity contribution in [1.82, 2.24) is 0 Å². The zero-order chi connectivity index (χ0) is 24.3. The van der Waals surface area contributed by atoms with Crippen LogP contribution >= 0.6 is 22.6 Å². The molecule has 1 saturated carbocycles. The number of methoxy groups -OCH3 is 3. The van der Waals surface area contributed by atoms with Crippen LogP contribution in [0.1, 0.15) is 19.3 Å². The minimum Gasteiger partial charge on any atom is -0.593 e. The summed E-state index contributed by atoms with van der Waals surface area (Å²) in [4.78, 5) is 1.17. The van der Waals surface area contributed by atoms with Crippen LogP contribution in [-0.4, -0.2) is 50.4 Å². The van der Waals surface area contributed by atoms with Gasteiger partial charge in [0.1, 0.15) is 11.5 Å². The average molecular weight is 598 g/mol. The Labute approximate surface area is 208 Å². The van der Waals surface area contributed by atoms with E-state index in [1.807, 2.05) is 22.6 Å². The molecular weight excluding hydrogens is 572 g/mol. The highest BCUT2D eigenvalue weighted by molar-refractivity contribution is 14.1. The summed E-state index contributed by atoms with van der Waals surface area (Å²) in [6, 6.07) is 5.27. The van der Waals surface area contributed by atoms with Crippen molar-refractivity contribution in [2.45, 2.75) is 30.1 Å². The lowest BCUT2D eigenvalue weighted by atomic mass is 10.2. The van der Waals surface area contributed by atoms with Crippen molar-refractivity contribution in [3.05, 3.63) is 45.3 Å². The number of rotatable bonds is 11. The Morgan fingerprint density at radius 3 is 2.42 bits per heavy atom. The van der Waals surface area contributed by atoms with E-state index < -0.39 is 33.6 Å². The topological polar surface area (TPSA) is 66.0 Å². The van der Waals surface area contributed by atoms with Gasteiger partial charge in [-0.05, 0) is 40.8 Å². The van der Waals surface area contributed by atoms with Crippen molar-refractivity contribution < 1.29 is 31.9 Å². The van der Waals surface area contributed by atoms with Gasteiger partial charge in [-0.15, -0.1) is 0 Å². The molecule has 0 bridgehead atoms. The fourth-order valence-corrected chi connectivity index (χ4v) is 5.52. The lowest BCUT2D eigenvalue weighted by molar-refractivity contribution is 0.0218. The van der Waals surface area contributed by atoms with Crippen molar-refractivity contribution in [1.29, 1.82) is 0 Å². The highest BCUT2D eigenvalue weighted by Gasteiger charge is 2.56. The van der Waals surface area contributed by atoms with E-state index in [0.29, 0.717) is 29.4 Å². The second-order valence-corrected chi connectivity index (χ2v) is 10.7. The zero-order valence-electron chi connectivity index (χ0n) is 18.7. The molecule has 0 saturated heterocycles. The number of hydrogen-bond acceptors (Lipinski definition) is 6. The van der Waals surface area contributed by atoms with Crippen LogP contribution in [0.4, 0.5) is 30.2 Å². The van der Waals surface area contributed by atoms with E-state index in [-0.39, 0.29) is 28.9 Å². The molecule has 0 amide bonds. The Hall–Kier alpha value is -1.41. The summed E-state index contributed by atoms with van der Waals surface area (Å²) >= 11 is 0.265. The molecule has 0 aliphatic heterocycles. The number of nitrogens with one attached hydrogen (secondary N) is 1. The van der Waals surface area contributed by atoms with E-state index in [2.05, 4.69) is 4.72 Å². The summed E-state index contributed by atoms with van der Waals surface area (Å²) < 4.78 is 76.2. The summed E-state index contributed by atoms with van der Waals surface area (Å²) in [5.74, 6) is -3.04. The quantitative estimate of drug-likeness (QED) is 0.286. The van der Waals surface area contributed by atoms with Gasteiger partial charge in [-0.3, -0.25) is 0 Å². The van der Waals surface area contributed by atoms with E-state index in [4.69, 9.17) is 14.2 Å². The lowest BCUT2D eigenvalue weighted by Crippen LogP contribution is -2.36. The van der Waals surface area contributed by atoms with Gasteiger partial charge in [-0.1, -0.05) is 0 Å². The van der Waals surface area contributed by atoms with E-state index in [1.54, 1.807) is 20.3 Å². The number of nitrogens with zero attached hydrogens (tertiary/aromatic N) is 1. The molecule has 1 aliphatic carbocycles. The van der Waals surface area contributed by atoms with Crippen LogP contribution in [0.3, 0.4) is 0 Å². The Kier molecular flexibility index (Phi) is 8.65. The second kappa shape index (κ2) is 10.9. The molecule has 0 radical (unpaired) electrons. The number of hydrogen-bond donors (Lipinski definition) is 1. The number of halogens is 4. The van der Waals surface area contributed by atoms with Crippen LogP contribution in [0.25, 0.3) is 0 Å². The van der Waals surface area contributed by atoms with Gasteiger partial charge < -0.3 is 23.7 Å². The summed E-state index contributed by atoms with van der Waals surface area (Å²) in [6.45, 7) is 0.337. The van der Waals surface area contributed by atoms with Crippen LogP contribution in [-0.2, 0) is 20.8 Å². The first-order valence-electron chi connectivity index (χ1n) is 10.1. The molecule has 11 heteroatoms. The molecule has 3 rings (SSSR count). The molecule has 0 spiro atoms. The van der Waals surface area contributed by atoms with E-state index >= 15 is 4.39 Å². The smallest absolute Gasteiger partial charge is 0.185 e. The summed E-state index contributed by atoms with van der Waals surface area (Å²) in [7, 11) is 5.81. The predicted molar refractivity (Wildman–Crippen MR) is 131 cm³/mol. The highest BCUT2D eigenvalue weighted by atomic mass is 127. The van der Waals surface area contributed by atoms with Crippen molar-refractivity contribution in [2.75, 3.05) is 44.6 Å². The Bertz CT molecular complexity index is 997. The van der Waals surface area contributed by atoms with Crippen LogP contribution in [0.15, 0.2) is 24.3 Å². The van der Waals surface area contributed by atoms with Crippen molar-refractivity contribution >= 4 is 51.0 Å². The molecule has 1 unspecified atom stereocenters. The normalized spacial score (nSPS) is 16.3. The van der Waals surface area contributed by atoms with E-state index in [9.17, 15) is 13.3 Å². The molecule has 1 fully saturated rings. The fraction of sp³-hybridized carbons (Fsp3) is 0.455. The maximum atomic E-state index is 15.1. The summed E-state index contributed by atoms with van der Waals surface area (Å²) in [5, 5.41) is 0. The molecule has 0 aromatic heterocycles. The third kappa shape index (κ3) is 5.64. The SMILES string of the molecule is COC[C@@H](CC1([S+]([O-])Nc2c(OC)cc(F)c(F)c2N(C)c2ccc(I)cc2F)CC1)OC. The first-order chi connectivity index (χ1) is 15.7. The second-order valence-electron chi connectivity index (χ2n) is 7.82. The highest BCUT2D eigenvalue weighted by Crippen LogP contribution is 2.50. The largest absolute Gasteiger partial charge is 0.593 e. The molecule has 2 aromatic carbocycles. The van der Waals surface area contributed by atoms with E-state index in [0.717, 1.165) is 6.07 Å². The van der Waals surface area contributed by atoms with Gasteiger partial charge in [-0.25, -0.2) is 17.9 Å². The van der Waals surface area contributed by atoms with Gasteiger partial charge in [-0.2, -0.15) is 0 Å². The lowest BCUT2D eigenvalue weighted by Gasteiger charge is -2.29. The first kappa shape index (κ1) is 26.2. The Morgan fingerprint density at radius 1 is 1.18 bits per heavy atom. The average Bonchev–Trinajstić information content (AvgIpc) is 3.56. The van der Waals surface area contributed by atoms with Crippen LogP contribution in [0, 0.1) is 21.0 Å². The first-order valence-corrected chi connectivity index (χ1v) is 12.3. The predicted octanol–water partition coefficient (Wildman–Crippen LogP) is 5.14. The van der Waals surface area contributed by atoms with Gasteiger partial charge >= 0.3 is 0 Å². The number of anilines is 3. The molecule has 0 heterocycles. The van der Waals surface area contributed by atoms with Crippen molar-refractivity contribution in [3.63, 3.8) is 0 Å². The summed E-state index contributed by atoms with van der Waals surface area (Å²) in [6.07, 6.45) is 1.52. The minimum atomic E-state index is -1.69. The molecular formula is C22H26F3IN2O4S. The summed E-state index contributed by atoms with van der Waals surface area (Å²) in [5.41, 5.74) is -0.310. The number of ether oxygens (including phenoxy) is 3. The van der Waals surface area contributed by atoms with E-state index in [1.165, 1.54) is 31.2 Å². The molecule has 6 nitrogen and oxygen atoms in total. The maximum Gasteiger partial charge on any atom is 0.185 e. The zero-order valence-corrected chi connectivity index (χ0v) is 21.7. The molecule has 1 N–H and O–H groups in total. The Balaban J connectivity index is 2.00. The van der Waals surface area contributed by atoms with Gasteiger partial charge in [0.15, 0.2) is 27.8 Å². The maximum absolute atomic E-state index is 15.1. The van der Waals surface area contributed by atoms with Crippen LogP contribution < -0.4 is 14.4 Å². The number of benzene rings is 2. The standard InChI is InChI=1S/C22H26F3IN2O4S/c1-28(17-6-5-13(26)9-15(17)23)21-19(25)16(24)10-18(32-4)20(21)27-33(29)22(7-8-22)11-14(31-3)12-30-2/h5-6,9-10,14,27H,7-8,11-12H2,1-4H3/t14-,33?/m1/s1. The van der Waals surface area contributed by atoms with Crippen molar-refractivity contribution in [3.8, 4) is 5.75 Å². The van der Waals surface area contributed by atoms with Gasteiger partial charge in [0.2, 0.25) is 0 Å². The van der Waals surface area contributed by atoms with Gasteiger partial charge in [0.05, 0.1) is 36.9 Å². The molecule has 2 atom stereocenters. The van der Waals surface area contributed by atoms with Crippen molar-refractivity contribution in [2.24, 2.45) is 0 Å². The monoisotopic (exact) mass is 598 g/mol. The van der Waals surface area contributed by atoms with Crippen LogP contribution in [0.5, 0.6) is 5.75 Å². The Morgan fingerprint density at radius 2 is 1.88 bits per heavy atom. The molecule has 182 valence electrons. The molecule has 33 heavy (non-hydrogen) atoms. The fourth-order valence-electron chi connectivity index (χ4n) is 3.66. The third-order valence-corrected chi connectivity index (χ3v) is 8.09. The molecule has 1 aliphatic rings. The van der Waals surface area contributed by atoms with Gasteiger partial charge in [0.25, 0.3) is 0 Å².